The lowest BCUT2D eigenvalue weighted by Gasteiger charge is -2.18. The van der Waals surface area contributed by atoms with Gasteiger partial charge in [0, 0.05) is 5.39 Å². The average molecular weight is 410 g/mol. The third kappa shape index (κ3) is 4.90. The van der Waals surface area contributed by atoms with Crippen LogP contribution in [0, 0.1) is 0 Å². The van der Waals surface area contributed by atoms with Crippen molar-refractivity contribution >= 4 is 22.6 Å². The van der Waals surface area contributed by atoms with E-state index in [9.17, 15) is 9.59 Å². The number of hydrazine groups is 1. The molecule has 0 spiro atoms. The second kappa shape index (κ2) is 9.59. The fourth-order valence-corrected chi connectivity index (χ4v) is 3.49. The highest BCUT2D eigenvalue weighted by Gasteiger charge is 2.23. The van der Waals surface area contributed by atoms with Crippen LogP contribution in [0.3, 0.4) is 0 Å². The molecule has 5 nitrogen and oxygen atoms in total. The Bertz CT molecular complexity index is 1130. The van der Waals surface area contributed by atoms with Gasteiger partial charge in [-0.1, -0.05) is 97.1 Å². The van der Waals surface area contributed by atoms with Crippen molar-refractivity contribution in [3.05, 3.63) is 114 Å². The van der Waals surface area contributed by atoms with Crippen molar-refractivity contribution in [2.24, 2.45) is 0 Å². The minimum absolute atomic E-state index is 0.213. The predicted octanol–water partition coefficient (Wildman–Crippen LogP) is 4.20. The molecular formula is C26H22N2O3. The van der Waals surface area contributed by atoms with Crippen LogP contribution >= 0.6 is 0 Å². The van der Waals surface area contributed by atoms with Crippen LogP contribution in [0.4, 0.5) is 0 Å². The first-order chi connectivity index (χ1) is 15.2. The number of hydrogen-bond donors (Lipinski definition) is 2. The third-order valence-electron chi connectivity index (χ3n) is 4.96. The van der Waals surface area contributed by atoms with E-state index in [0.29, 0.717) is 5.75 Å². The van der Waals surface area contributed by atoms with Crippen LogP contribution in [0.25, 0.3) is 10.8 Å². The van der Waals surface area contributed by atoms with Crippen LogP contribution in [-0.2, 0) is 9.59 Å². The molecule has 4 aromatic rings. The molecule has 0 aliphatic carbocycles. The van der Waals surface area contributed by atoms with E-state index in [1.807, 2.05) is 103 Å². The number of nitrogens with one attached hydrogen (secondary N) is 2. The quantitative estimate of drug-likeness (QED) is 0.468. The number of benzene rings is 4. The summed E-state index contributed by atoms with van der Waals surface area (Å²) in [5.41, 5.74) is 6.67. The lowest BCUT2D eigenvalue weighted by molar-refractivity contribution is -0.130. The van der Waals surface area contributed by atoms with E-state index >= 15 is 0 Å². The van der Waals surface area contributed by atoms with Crippen molar-refractivity contribution < 1.29 is 14.3 Å². The molecule has 4 rings (SSSR count). The Kier molecular flexibility index (Phi) is 6.24. The molecule has 2 amide bonds. The second-order valence-corrected chi connectivity index (χ2v) is 7.06. The molecule has 0 fully saturated rings. The Morgan fingerprint density at radius 1 is 0.677 bits per heavy atom. The number of ether oxygens (including phenoxy) is 1. The summed E-state index contributed by atoms with van der Waals surface area (Å²) in [7, 11) is 0. The van der Waals surface area contributed by atoms with Gasteiger partial charge >= 0.3 is 0 Å². The van der Waals surface area contributed by atoms with Gasteiger partial charge in [0.25, 0.3) is 5.91 Å². The topological polar surface area (TPSA) is 67.4 Å². The van der Waals surface area contributed by atoms with Gasteiger partial charge in [0.2, 0.25) is 5.91 Å². The molecule has 0 atom stereocenters. The van der Waals surface area contributed by atoms with Crippen molar-refractivity contribution in [1.29, 1.82) is 0 Å². The first-order valence-electron chi connectivity index (χ1n) is 10.0. The van der Waals surface area contributed by atoms with E-state index in [0.717, 1.165) is 21.9 Å². The van der Waals surface area contributed by atoms with E-state index in [-0.39, 0.29) is 12.5 Å². The van der Waals surface area contributed by atoms with Gasteiger partial charge in [0.1, 0.15) is 5.75 Å². The molecule has 0 aromatic heterocycles. The van der Waals surface area contributed by atoms with Crippen LogP contribution in [0.5, 0.6) is 5.75 Å². The van der Waals surface area contributed by atoms with E-state index < -0.39 is 11.8 Å². The molecule has 0 heterocycles. The predicted molar refractivity (Wildman–Crippen MR) is 120 cm³/mol. The van der Waals surface area contributed by atoms with E-state index in [1.165, 1.54) is 0 Å². The van der Waals surface area contributed by atoms with Gasteiger partial charge in [-0.25, -0.2) is 0 Å². The fraction of sp³-hybridized carbons (Fsp3) is 0.0769. The van der Waals surface area contributed by atoms with Crippen molar-refractivity contribution in [1.82, 2.24) is 10.9 Å². The molecule has 0 saturated carbocycles. The summed E-state index contributed by atoms with van der Waals surface area (Å²) in [6.45, 7) is -0.213. The van der Waals surface area contributed by atoms with Gasteiger partial charge in [0.15, 0.2) is 6.61 Å². The van der Waals surface area contributed by atoms with Crippen LogP contribution in [0.1, 0.15) is 17.0 Å². The lowest BCUT2D eigenvalue weighted by atomic mass is 9.91. The maximum atomic E-state index is 12.9. The summed E-state index contributed by atoms with van der Waals surface area (Å²) >= 11 is 0. The third-order valence-corrected chi connectivity index (χ3v) is 4.96. The van der Waals surface area contributed by atoms with Crippen molar-refractivity contribution in [3.8, 4) is 5.75 Å². The highest BCUT2D eigenvalue weighted by molar-refractivity contribution is 5.90. The Hall–Kier alpha value is -4.12. The van der Waals surface area contributed by atoms with Gasteiger partial charge in [-0.2, -0.15) is 0 Å². The number of hydrogen-bond acceptors (Lipinski definition) is 3. The number of carbonyl (C=O) groups is 2. The molecule has 154 valence electrons. The number of fused-ring (bicyclic) bond motifs is 1. The van der Waals surface area contributed by atoms with Gasteiger partial charge in [-0.3, -0.25) is 20.4 Å². The normalized spacial score (nSPS) is 10.6. The monoisotopic (exact) mass is 410 g/mol. The summed E-state index contributed by atoms with van der Waals surface area (Å²) in [5.74, 6) is -0.690. The first-order valence-corrected chi connectivity index (χ1v) is 10.0. The minimum Gasteiger partial charge on any atom is -0.483 e. The highest BCUT2D eigenvalue weighted by Crippen LogP contribution is 2.25. The molecule has 0 unspecified atom stereocenters. The zero-order valence-electron chi connectivity index (χ0n) is 16.8. The van der Waals surface area contributed by atoms with Crippen molar-refractivity contribution in [3.63, 3.8) is 0 Å². The molecule has 0 saturated heterocycles. The molecule has 0 aliphatic rings. The van der Waals surface area contributed by atoms with Crippen molar-refractivity contribution in [2.45, 2.75) is 5.92 Å². The smallest absolute Gasteiger partial charge is 0.276 e. The van der Waals surface area contributed by atoms with Crippen LogP contribution in [-0.4, -0.2) is 18.4 Å². The van der Waals surface area contributed by atoms with Crippen LogP contribution < -0.4 is 15.6 Å². The SMILES string of the molecule is O=C(COc1cccc2ccccc12)NNC(=O)C(c1ccccc1)c1ccccc1. The maximum Gasteiger partial charge on any atom is 0.276 e. The Morgan fingerprint density at radius 2 is 1.26 bits per heavy atom. The summed E-state index contributed by atoms with van der Waals surface area (Å²) in [5, 5.41) is 1.96. The fourth-order valence-electron chi connectivity index (χ4n) is 3.49. The Morgan fingerprint density at radius 3 is 1.94 bits per heavy atom. The van der Waals surface area contributed by atoms with E-state index in [2.05, 4.69) is 10.9 Å². The molecular weight excluding hydrogens is 388 g/mol. The van der Waals surface area contributed by atoms with Gasteiger partial charge in [-0.15, -0.1) is 0 Å². The zero-order valence-corrected chi connectivity index (χ0v) is 16.8. The molecule has 0 bridgehead atoms. The molecule has 2 N–H and O–H groups in total. The highest BCUT2D eigenvalue weighted by atomic mass is 16.5. The summed E-state index contributed by atoms with van der Waals surface area (Å²) in [6, 6.07) is 32.4. The second-order valence-electron chi connectivity index (χ2n) is 7.06. The number of carbonyl (C=O) groups excluding carboxylic acids is 2. The van der Waals surface area contributed by atoms with Gasteiger partial charge < -0.3 is 4.74 Å². The molecule has 0 radical (unpaired) electrons. The molecule has 0 aliphatic heterocycles. The van der Waals surface area contributed by atoms with Crippen LogP contribution in [0.15, 0.2) is 103 Å². The first kappa shape index (κ1) is 20.2. The van der Waals surface area contributed by atoms with Gasteiger partial charge in [0.05, 0.1) is 5.92 Å². The summed E-state index contributed by atoms with van der Waals surface area (Å²) in [6.07, 6.45) is 0. The Balaban J connectivity index is 1.40. The largest absolute Gasteiger partial charge is 0.483 e. The molecule has 31 heavy (non-hydrogen) atoms. The Labute approximate surface area is 180 Å². The number of rotatable bonds is 6. The molecule has 5 heteroatoms. The van der Waals surface area contributed by atoms with Gasteiger partial charge in [-0.05, 0) is 22.6 Å². The zero-order chi connectivity index (χ0) is 21.5. The minimum atomic E-state index is -0.540. The van der Waals surface area contributed by atoms with Crippen LogP contribution in [0.2, 0.25) is 0 Å². The van der Waals surface area contributed by atoms with E-state index in [4.69, 9.17) is 4.74 Å². The summed E-state index contributed by atoms with van der Waals surface area (Å²) in [4.78, 5) is 25.2. The average Bonchev–Trinajstić information content (AvgIpc) is 2.83. The molecule has 4 aromatic carbocycles. The summed E-state index contributed by atoms with van der Waals surface area (Å²) < 4.78 is 5.68. The van der Waals surface area contributed by atoms with Crippen molar-refractivity contribution in [2.75, 3.05) is 6.61 Å². The maximum absolute atomic E-state index is 12.9. The standard InChI is InChI=1S/C26H22N2O3/c29-24(18-31-23-17-9-15-19-10-7-8-16-22(19)23)27-28-26(30)25(20-11-3-1-4-12-20)21-13-5-2-6-14-21/h1-17,25H,18H2,(H,27,29)(H,28,30). The number of amides is 2. The lowest BCUT2D eigenvalue weighted by Crippen LogP contribution is -2.46. The van der Waals surface area contributed by atoms with E-state index in [1.54, 1.807) is 0 Å².